The maximum absolute atomic E-state index is 6.84. The molecule has 2 saturated carbocycles. The van der Waals surface area contributed by atoms with Gasteiger partial charge >= 0.3 is 0 Å². The molecule has 12 heteroatoms. The number of allylic oxidation sites excluding steroid dienone is 2. The summed E-state index contributed by atoms with van der Waals surface area (Å²) in [5, 5.41) is 0. The van der Waals surface area contributed by atoms with E-state index in [0.717, 1.165) is 67.2 Å². The molecule has 5 atom stereocenters. The van der Waals surface area contributed by atoms with Gasteiger partial charge in [-0.25, -0.2) is 0 Å². The van der Waals surface area contributed by atoms with Crippen molar-refractivity contribution in [3.05, 3.63) is 27.8 Å². The van der Waals surface area contributed by atoms with Crippen LogP contribution in [0.4, 0.5) is 0 Å². The Kier molecular flexibility index (Phi) is 11.3. The third-order valence-electron chi connectivity index (χ3n) is 12.6. The molecule has 3 aromatic carbocycles. The highest BCUT2D eigenvalue weighted by atomic mass is 14.4. The number of hydrogen-bond donors (Lipinski definition) is 0. The third kappa shape index (κ3) is 6.66. The normalized spacial score (nSPS) is 22.3. The lowest BCUT2D eigenvalue weighted by molar-refractivity contribution is 0.364. The van der Waals surface area contributed by atoms with Gasteiger partial charge in [-0.05, 0) is 109 Å². The highest BCUT2D eigenvalue weighted by Crippen LogP contribution is 2.47. The van der Waals surface area contributed by atoms with Crippen LogP contribution in [0.25, 0.3) is 16.7 Å². The minimum Gasteiger partial charge on any atom is -0.101 e. The van der Waals surface area contributed by atoms with Crippen molar-refractivity contribution in [1.29, 1.82) is 0 Å². The average Bonchev–Trinajstić information content (AvgIpc) is 3.67. The molecule has 2 fully saturated rings. The predicted octanol–water partition coefficient (Wildman–Crippen LogP) is -3.25. The van der Waals surface area contributed by atoms with Crippen LogP contribution in [-0.4, -0.2) is 94.2 Å². The Hall–Kier alpha value is -1.82. The van der Waals surface area contributed by atoms with E-state index >= 15 is 0 Å². The zero-order valence-corrected chi connectivity index (χ0v) is 30.8. The molecule has 3 aliphatic carbocycles. The number of benzene rings is 3. The summed E-state index contributed by atoms with van der Waals surface area (Å²) in [5.74, 6) is 2.08. The van der Waals surface area contributed by atoms with Crippen molar-refractivity contribution < 1.29 is 0 Å². The average molecular weight is 634 g/mol. The molecule has 3 aromatic rings. The first kappa shape index (κ1) is 38.9. The van der Waals surface area contributed by atoms with Crippen LogP contribution in [0.2, 0.25) is 0 Å². The zero-order chi connectivity index (χ0) is 37.4. The first-order valence-electron chi connectivity index (χ1n) is 18.4. The smallest absolute Gasteiger partial charge is 0.101 e. The van der Waals surface area contributed by atoms with Crippen LogP contribution in [-0.2, 0) is 6.42 Å². The zero-order valence-electron chi connectivity index (χ0n) is 30.8. The Bertz CT molecular complexity index is 1860. The van der Waals surface area contributed by atoms with Gasteiger partial charge in [-0.3, -0.25) is 0 Å². The Morgan fingerprint density at radius 2 is 1.02 bits per heavy atom. The molecule has 0 N–H and O–H groups in total. The molecule has 0 aliphatic heterocycles. The van der Waals surface area contributed by atoms with Crippen molar-refractivity contribution in [2.75, 3.05) is 0 Å². The van der Waals surface area contributed by atoms with Crippen molar-refractivity contribution in [3.8, 4) is 11.1 Å². The summed E-state index contributed by atoms with van der Waals surface area (Å²) in [5.41, 5.74) is 11.2. The summed E-state index contributed by atoms with van der Waals surface area (Å²) >= 11 is 0. The van der Waals surface area contributed by atoms with Gasteiger partial charge in [0.05, 0.1) is 0 Å². The second-order valence-corrected chi connectivity index (χ2v) is 16.2. The Labute approximate surface area is 323 Å². The first-order chi connectivity index (χ1) is 24.0. The molecule has 24 radical (unpaired) electrons. The molecule has 6 rings (SSSR count). The lowest BCUT2D eigenvalue weighted by Crippen LogP contribution is -2.52. The molecule has 0 saturated heterocycles. The van der Waals surface area contributed by atoms with Gasteiger partial charge in [-0.2, -0.15) is 0 Å². The fourth-order valence-electron chi connectivity index (χ4n) is 9.95. The second kappa shape index (κ2) is 14.8. The van der Waals surface area contributed by atoms with Gasteiger partial charge in [0.2, 0.25) is 0 Å². The number of fused-ring (bicyclic) bond motifs is 2. The van der Waals surface area contributed by atoms with Crippen molar-refractivity contribution in [2.24, 2.45) is 23.7 Å². The molecule has 0 heterocycles. The minimum atomic E-state index is -0.00912. The first-order valence-corrected chi connectivity index (χ1v) is 18.4. The summed E-state index contributed by atoms with van der Waals surface area (Å²) in [6, 6.07) is 0. The topological polar surface area (TPSA) is 0 Å². The molecular weight excluding hydrogens is 598 g/mol. The summed E-state index contributed by atoms with van der Waals surface area (Å²) in [6.07, 6.45) is 8.82. The van der Waals surface area contributed by atoms with Gasteiger partial charge in [0, 0.05) is 0 Å². The third-order valence-corrected chi connectivity index (χ3v) is 12.6. The highest BCUT2D eigenvalue weighted by Gasteiger charge is 2.34. The molecule has 0 aromatic heterocycles. The summed E-state index contributed by atoms with van der Waals surface area (Å²) < 4.78 is 0. The predicted molar refractivity (Wildman–Crippen MR) is 233 cm³/mol. The van der Waals surface area contributed by atoms with E-state index in [1.54, 1.807) is 0 Å². The summed E-state index contributed by atoms with van der Waals surface area (Å²) in [4.78, 5) is 0. The van der Waals surface area contributed by atoms with Crippen LogP contribution in [0.5, 0.6) is 0 Å². The summed E-state index contributed by atoms with van der Waals surface area (Å²) in [6.45, 7) is 8.48. The van der Waals surface area contributed by atoms with Crippen LogP contribution in [0.1, 0.15) is 113 Å². The van der Waals surface area contributed by atoms with Crippen LogP contribution in [0.3, 0.4) is 0 Å². The van der Waals surface area contributed by atoms with Gasteiger partial charge in [0.15, 0.2) is 0 Å². The van der Waals surface area contributed by atoms with E-state index in [4.69, 9.17) is 94.2 Å². The van der Waals surface area contributed by atoms with Gasteiger partial charge in [-0.15, -0.1) is 32.8 Å². The van der Waals surface area contributed by atoms with E-state index in [-0.39, 0.29) is 33.7 Å². The lowest BCUT2D eigenvalue weighted by Gasteiger charge is -2.32. The standard InChI is InChI=1S/C39H36B12/c1-14(2)23-30(42)28(40)21(29(41)31(23)43)8-6-17-5-7-19(11-17)16(4)24-32(44)36(48)26(37(49)33(24)45)27-38(50)34(46)25(35(47)39(27)51)22-13-18-9-15(3)10-20(22)12-18/h14-19H,5-13H2,1-4H3. The van der Waals surface area contributed by atoms with E-state index < -0.39 is 0 Å². The molecule has 3 aliphatic rings. The Morgan fingerprint density at radius 3 is 1.55 bits per heavy atom. The van der Waals surface area contributed by atoms with E-state index in [1.165, 1.54) is 17.6 Å². The second-order valence-electron chi connectivity index (χ2n) is 16.2. The number of hydrogen-bond acceptors (Lipinski definition) is 0. The van der Waals surface area contributed by atoms with Crippen molar-refractivity contribution in [2.45, 2.75) is 97.3 Å². The monoisotopic (exact) mass is 636 g/mol. The molecule has 0 amide bonds. The van der Waals surface area contributed by atoms with Crippen molar-refractivity contribution in [3.63, 3.8) is 0 Å². The van der Waals surface area contributed by atoms with Crippen molar-refractivity contribution >= 4 is 165 Å². The van der Waals surface area contributed by atoms with E-state index in [1.807, 2.05) is 13.8 Å². The molecule has 51 heavy (non-hydrogen) atoms. The van der Waals surface area contributed by atoms with Gasteiger partial charge in [0.25, 0.3) is 0 Å². The molecule has 0 nitrogen and oxygen atoms in total. The van der Waals surface area contributed by atoms with Crippen LogP contribution >= 0.6 is 0 Å². The lowest BCUT2D eigenvalue weighted by atomic mass is 9.56. The Morgan fingerprint density at radius 1 is 0.529 bits per heavy atom. The van der Waals surface area contributed by atoms with Gasteiger partial charge < -0.3 is 0 Å². The maximum Gasteiger partial charge on any atom is 0.113 e. The Balaban J connectivity index is 1.27. The van der Waals surface area contributed by atoms with Crippen molar-refractivity contribution in [1.82, 2.24) is 0 Å². The fraction of sp³-hybridized carbons (Fsp3) is 0.487. The SMILES string of the molecule is [B]c1c([B])c(C(C)C)c([B])c([B])c1CCC1CCC(C(C)c2c([B])c([B])c(-c3c([B])c([B])c(C4=C5CC(C)CC(C5)C4)c([B])c3[B])c([B])c2[B])C1. The largest absolute Gasteiger partial charge is 0.113 e. The fourth-order valence-corrected chi connectivity index (χ4v) is 9.95. The maximum atomic E-state index is 6.84. The minimum absolute atomic E-state index is 0.00912. The van der Waals surface area contributed by atoms with Gasteiger partial charge in [-0.1, -0.05) is 89.2 Å². The highest BCUT2D eigenvalue weighted by molar-refractivity contribution is 6.66. The van der Waals surface area contributed by atoms with Crippen LogP contribution in [0, 0.1) is 23.7 Å². The molecule has 2 bridgehead atoms. The molecular formula is C39H36B12. The quantitative estimate of drug-likeness (QED) is 0.229. The number of rotatable bonds is 8. The molecule has 0 spiro atoms. The van der Waals surface area contributed by atoms with E-state index in [0.29, 0.717) is 84.9 Å². The molecule has 228 valence electrons. The van der Waals surface area contributed by atoms with E-state index in [2.05, 4.69) is 13.8 Å². The van der Waals surface area contributed by atoms with Crippen LogP contribution in [0.15, 0.2) is 5.57 Å². The molecule has 5 unspecified atom stereocenters. The van der Waals surface area contributed by atoms with E-state index in [9.17, 15) is 0 Å². The summed E-state index contributed by atoms with van der Waals surface area (Å²) in [7, 11) is 80.3. The van der Waals surface area contributed by atoms with Crippen LogP contribution < -0.4 is 65.6 Å². The van der Waals surface area contributed by atoms with Gasteiger partial charge in [0.1, 0.15) is 94.2 Å².